The van der Waals surface area contributed by atoms with E-state index in [1.54, 1.807) is 12.3 Å². The predicted molar refractivity (Wildman–Crippen MR) is 99.9 cm³/mol. The summed E-state index contributed by atoms with van der Waals surface area (Å²) in [7, 11) is 0. The molecule has 27 heavy (non-hydrogen) atoms. The number of amides is 1. The Morgan fingerprint density at radius 2 is 2.22 bits per heavy atom. The van der Waals surface area contributed by atoms with Crippen molar-refractivity contribution >= 4 is 34.3 Å². The predicted octanol–water partition coefficient (Wildman–Crippen LogP) is 3.59. The van der Waals surface area contributed by atoms with Crippen LogP contribution in [0.3, 0.4) is 0 Å². The van der Waals surface area contributed by atoms with Crippen molar-refractivity contribution in [3.8, 4) is 0 Å². The minimum atomic E-state index is -0.119. The van der Waals surface area contributed by atoms with Crippen molar-refractivity contribution in [2.24, 2.45) is 0 Å². The molecule has 0 N–H and O–H groups in total. The SMILES string of the molecule is Cc1nc2c3c(ccc2o1)C(C)N(C(=O)c1cc2ncc(Cl)cn2n1)CC3. The highest BCUT2D eigenvalue weighted by Gasteiger charge is 2.31. The average molecular weight is 382 g/mol. The molecule has 136 valence electrons. The van der Waals surface area contributed by atoms with Crippen LogP contribution in [0.4, 0.5) is 0 Å². The quantitative estimate of drug-likeness (QED) is 0.503. The Hall–Kier alpha value is -2.93. The summed E-state index contributed by atoms with van der Waals surface area (Å²) in [5, 5.41) is 4.81. The molecule has 5 rings (SSSR count). The van der Waals surface area contributed by atoms with E-state index in [1.807, 2.05) is 30.9 Å². The second kappa shape index (κ2) is 5.79. The van der Waals surface area contributed by atoms with Crippen molar-refractivity contribution < 1.29 is 9.21 Å². The number of hydrogen-bond donors (Lipinski definition) is 0. The zero-order valence-electron chi connectivity index (χ0n) is 14.8. The molecule has 0 saturated heterocycles. The van der Waals surface area contributed by atoms with Crippen molar-refractivity contribution in [1.82, 2.24) is 24.5 Å². The Bertz CT molecular complexity index is 1210. The van der Waals surface area contributed by atoms with Gasteiger partial charge in [-0.15, -0.1) is 0 Å². The molecular formula is C19H16ClN5O2. The fourth-order valence-electron chi connectivity index (χ4n) is 3.81. The summed E-state index contributed by atoms with van der Waals surface area (Å²) in [5.41, 5.74) is 4.90. The first-order chi connectivity index (χ1) is 13.0. The lowest BCUT2D eigenvalue weighted by molar-refractivity contribution is 0.0671. The van der Waals surface area contributed by atoms with Crippen molar-refractivity contribution in [2.45, 2.75) is 26.3 Å². The molecule has 4 heterocycles. The molecule has 1 atom stereocenters. The van der Waals surface area contributed by atoms with Gasteiger partial charge in [0.25, 0.3) is 5.91 Å². The van der Waals surface area contributed by atoms with Gasteiger partial charge in [-0.25, -0.2) is 14.5 Å². The van der Waals surface area contributed by atoms with Crippen LogP contribution in [0.25, 0.3) is 16.7 Å². The topological polar surface area (TPSA) is 76.5 Å². The van der Waals surface area contributed by atoms with Gasteiger partial charge in [0.15, 0.2) is 22.8 Å². The second-order valence-corrected chi connectivity index (χ2v) is 7.18. The number of aromatic nitrogens is 4. The summed E-state index contributed by atoms with van der Waals surface area (Å²) in [5.74, 6) is 0.534. The Balaban J connectivity index is 1.52. The highest BCUT2D eigenvalue weighted by atomic mass is 35.5. The lowest BCUT2D eigenvalue weighted by Crippen LogP contribution is -2.39. The molecule has 1 aliphatic rings. The first kappa shape index (κ1) is 16.3. The maximum atomic E-state index is 13.1. The van der Waals surface area contributed by atoms with Gasteiger partial charge in [-0.3, -0.25) is 4.79 Å². The lowest BCUT2D eigenvalue weighted by atomic mass is 9.92. The number of oxazole rings is 1. The largest absolute Gasteiger partial charge is 0.441 e. The molecule has 1 aliphatic heterocycles. The van der Waals surface area contributed by atoms with Gasteiger partial charge in [0.2, 0.25) is 0 Å². The molecule has 0 aliphatic carbocycles. The van der Waals surface area contributed by atoms with Crippen molar-refractivity contribution in [2.75, 3.05) is 6.54 Å². The fourth-order valence-corrected chi connectivity index (χ4v) is 3.95. The average Bonchev–Trinajstić information content (AvgIpc) is 3.23. The number of carbonyl (C=O) groups is 1. The van der Waals surface area contributed by atoms with E-state index in [0.29, 0.717) is 28.8 Å². The highest BCUT2D eigenvalue weighted by molar-refractivity contribution is 6.30. The molecule has 8 heteroatoms. The lowest BCUT2D eigenvalue weighted by Gasteiger charge is -2.34. The third kappa shape index (κ3) is 2.49. The summed E-state index contributed by atoms with van der Waals surface area (Å²) in [4.78, 5) is 23.7. The van der Waals surface area contributed by atoms with Gasteiger partial charge in [-0.1, -0.05) is 17.7 Å². The second-order valence-electron chi connectivity index (χ2n) is 6.74. The van der Waals surface area contributed by atoms with E-state index in [2.05, 4.69) is 15.1 Å². The number of carbonyl (C=O) groups excluding carboxylic acids is 1. The minimum absolute atomic E-state index is 0.0796. The van der Waals surface area contributed by atoms with Crippen LogP contribution in [0.1, 0.15) is 40.5 Å². The Labute approximate surface area is 159 Å². The maximum Gasteiger partial charge on any atom is 0.274 e. The molecule has 1 amide bonds. The van der Waals surface area contributed by atoms with E-state index >= 15 is 0 Å². The molecule has 4 aromatic rings. The number of aryl methyl sites for hydroxylation is 1. The molecule has 0 fully saturated rings. The van der Waals surface area contributed by atoms with Crippen molar-refractivity contribution in [3.63, 3.8) is 0 Å². The van der Waals surface area contributed by atoms with Crippen LogP contribution in [0.15, 0.2) is 35.0 Å². The number of benzene rings is 1. The number of halogens is 1. The van der Waals surface area contributed by atoms with Gasteiger partial charge in [0.1, 0.15) is 5.52 Å². The molecule has 1 aromatic carbocycles. The van der Waals surface area contributed by atoms with Crippen LogP contribution < -0.4 is 0 Å². The Morgan fingerprint density at radius 3 is 3.07 bits per heavy atom. The van der Waals surface area contributed by atoms with Gasteiger partial charge in [-0.2, -0.15) is 5.10 Å². The summed E-state index contributed by atoms with van der Waals surface area (Å²) >= 11 is 5.95. The third-order valence-electron chi connectivity index (χ3n) is 5.09. The zero-order valence-corrected chi connectivity index (χ0v) is 15.6. The van der Waals surface area contributed by atoms with E-state index in [4.69, 9.17) is 16.0 Å². The first-order valence-corrected chi connectivity index (χ1v) is 9.10. The van der Waals surface area contributed by atoms with Crippen molar-refractivity contribution in [3.05, 3.63) is 58.3 Å². The van der Waals surface area contributed by atoms with Crippen molar-refractivity contribution in [1.29, 1.82) is 0 Å². The summed E-state index contributed by atoms with van der Waals surface area (Å²) in [6.45, 7) is 4.47. The normalized spacial score (nSPS) is 16.9. The Morgan fingerprint density at radius 1 is 1.37 bits per heavy atom. The van der Waals surface area contributed by atoms with Crippen LogP contribution in [-0.4, -0.2) is 36.9 Å². The standard InChI is InChI=1S/C19H16ClN5O2/c1-10-13-3-4-16-18(22-11(2)27-16)14(13)5-6-24(10)19(26)15-7-17-21-8-12(20)9-25(17)23-15/h3-4,7-10H,5-6H2,1-2H3. The number of fused-ring (bicyclic) bond motifs is 4. The van der Waals surface area contributed by atoms with Crippen LogP contribution >= 0.6 is 11.6 Å². The summed E-state index contributed by atoms with van der Waals surface area (Å²) < 4.78 is 7.16. The molecule has 0 bridgehead atoms. The molecule has 0 spiro atoms. The Kier molecular flexibility index (Phi) is 3.48. The van der Waals surface area contributed by atoms with Gasteiger partial charge in [0, 0.05) is 25.7 Å². The van der Waals surface area contributed by atoms with E-state index in [-0.39, 0.29) is 11.9 Å². The van der Waals surface area contributed by atoms with E-state index in [9.17, 15) is 4.79 Å². The van der Waals surface area contributed by atoms with Crippen LogP contribution in [0.2, 0.25) is 5.02 Å². The van der Waals surface area contributed by atoms with Crippen LogP contribution in [-0.2, 0) is 6.42 Å². The zero-order chi connectivity index (χ0) is 18.7. The fraction of sp³-hybridized carbons (Fsp3) is 0.263. The minimum Gasteiger partial charge on any atom is -0.441 e. The van der Waals surface area contributed by atoms with Crippen LogP contribution in [0.5, 0.6) is 0 Å². The van der Waals surface area contributed by atoms with Gasteiger partial charge in [-0.05, 0) is 30.5 Å². The van der Waals surface area contributed by atoms with Gasteiger partial charge in [0.05, 0.1) is 17.3 Å². The van der Waals surface area contributed by atoms with Crippen LogP contribution in [0, 0.1) is 6.92 Å². The van der Waals surface area contributed by atoms with Gasteiger partial charge >= 0.3 is 0 Å². The smallest absolute Gasteiger partial charge is 0.274 e. The molecule has 7 nitrogen and oxygen atoms in total. The first-order valence-electron chi connectivity index (χ1n) is 8.72. The molecule has 0 radical (unpaired) electrons. The molecule has 1 unspecified atom stereocenters. The summed E-state index contributed by atoms with van der Waals surface area (Å²) in [6.07, 6.45) is 3.91. The van der Waals surface area contributed by atoms with E-state index < -0.39 is 0 Å². The molecule has 0 saturated carbocycles. The number of hydrogen-bond acceptors (Lipinski definition) is 5. The highest BCUT2D eigenvalue weighted by Crippen LogP contribution is 2.34. The van der Waals surface area contributed by atoms with E-state index in [0.717, 1.165) is 28.6 Å². The number of rotatable bonds is 1. The summed E-state index contributed by atoms with van der Waals surface area (Å²) in [6, 6.07) is 5.56. The molecule has 3 aromatic heterocycles. The van der Waals surface area contributed by atoms with Gasteiger partial charge < -0.3 is 9.32 Å². The maximum absolute atomic E-state index is 13.1. The third-order valence-corrected chi connectivity index (χ3v) is 5.29. The van der Waals surface area contributed by atoms with E-state index in [1.165, 1.54) is 10.7 Å². The monoisotopic (exact) mass is 381 g/mol. The molecular weight excluding hydrogens is 366 g/mol. The number of nitrogens with zero attached hydrogens (tertiary/aromatic N) is 5.